The van der Waals surface area contributed by atoms with Gasteiger partial charge in [-0.3, -0.25) is 4.90 Å². The van der Waals surface area contributed by atoms with Crippen molar-refractivity contribution < 1.29 is 0 Å². The van der Waals surface area contributed by atoms with Gasteiger partial charge in [0.1, 0.15) is 0 Å². The van der Waals surface area contributed by atoms with Crippen LogP contribution in [-0.4, -0.2) is 30.1 Å². The summed E-state index contributed by atoms with van der Waals surface area (Å²) < 4.78 is 0. The Kier molecular flexibility index (Phi) is 3.36. The maximum absolute atomic E-state index is 5.84. The molecule has 1 heterocycles. The van der Waals surface area contributed by atoms with E-state index in [2.05, 4.69) is 18.7 Å². The fraction of sp³-hybridized carbons (Fsp3) is 1.00. The van der Waals surface area contributed by atoms with Gasteiger partial charge in [-0.1, -0.05) is 26.7 Å². The number of likely N-dealkylation sites (tertiary alicyclic amines) is 1. The number of rotatable bonds is 5. The lowest BCUT2D eigenvalue weighted by atomic mass is 9.70. The summed E-state index contributed by atoms with van der Waals surface area (Å²) in [5, 5.41) is 0. The minimum atomic E-state index is 0.502. The van der Waals surface area contributed by atoms with E-state index < -0.39 is 0 Å². The van der Waals surface area contributed by atoms with Crippen molar-refractivity contribution >= 4 is 0 Å². The fourth-order valence-corrected chi connectivity index (χ4v) is 3.50. The molecule has 1 aliphatic carbocycles. The number of hydrogen-bond donors (Lipinski definition) is 1. The normalized spacial score (nSPS) is 34.6. The van der Waals surface area contributed by atoms with Gasteiger partial charge in [0.2, 0.25) is 0 Å². The summed E-state index contributed by atoms with van der Waals surface area (Å²) in [7, 11) is 0. The van der Waals surface area contributed by atoms with Crippen LogP contribution in [0.2, 0.25) is 0 Å². The monoisotopic (exact) mass is 210 g/mol. The standard InChI is InChI=1S/C13H26N2/c1-3-5-13(6-4-2)9-15(10-13)12-7-11(14)8-12/h11-12H,3-10,14H2,1-2H3. The van der Waals surface area contributed by atoms with Gasteiger partial charge in [0.15, 0.2) is 0 Å². The zero-order chi connectivity index (χ0) is 10.9. The highest BCUT2D eigenvalue weighted by molar-refractivity contribution is 5.01. The van der Waals surface area contributed by atoms with Crippen LogP contribution in [0, 0.1) is 5.41 Å². The summed E-state index contributed by atoms with van der Waals surface area (Å²) in [6.07, 6.45) is 8.03. The van der Waals surface area contributed by atoms with Crippen LogP contribution in [0.5, 0.6) is 0 Å². The van der Waals surface area contributed by atoms with Crippen molar-refractivity contribution in [2.24, 2.45) is 11.1 Å². The molecule has 15 heavy (non-hydrogen) atoms. The van der Waals surface area contributed by atoms with Gasteiger partial charge in [0.05, 0.1) is 0 Å². The van der Waals surface area contributed by atoms with E-state index in [-0.39, 0.29) is 0 Å². The first-order chi connectivity index (χ1) is 7.19. The largest absolute Gasteiger partial charge is 0.328 e. The van der Waals surface area contributed by atoms with Crippen LogP contribution in [0.1, 0.15) is 52.4 Å². The Hall–Kier alpha value is -0.0800. The molecule has 2 N–H and O–H groups in total. The molecule has 2 fully saturated rings. The summed E-state index contributed by atoms with van der Waals surface area (Å²) >= 11 is 0. The van der Waals surface area contributed by atoms with E-state index >= 15 is 0 Å². The zero-order valence-corrected chi connectivity index (χ0v) is 10.3. The topological polar surface area (TPSA) is 29.3 Å². The summed E-state index contributed by atoms with van der Waals surface area (Å²) in [4.78, 5) is 2.68. The van der Waals surface area contributed by atoms with Gasteiger partial charge in [0.25, 0.3) is 0 Å². The summed E-state index contributed by atoms with van der Waals surface area (Å²) in [5.41, 5.74) is 6.53. The van der Waals surface area contributed by atoms with Crippen molar-refractivity contribution in [2.75, 3.05) is 13.1 Å². The lowest BCUT2D eigenvalue weighted by Gasteiger charge is -2.57. The lowest BCUT2D eigenvalue weighted by Crippen LogP contribution is -2.64. The van der Waals surface area contributed by atoms with Crippen molar-refractivity contribution in [1.29, 1.82) is 0 Å². The molecular weight excluding hydrogens is 184 g/mol. The molecule has 0 aromatic rings. The van der Waals surface area contributed by atoms with E-state index in [1.165, 1.54) is 51.6 Å². The molecule has 88 valence electrons. The summed E-state index contributed by atoms with van der Waals surface area (Å²) in [5.74, 6) is 0. The van der Waals surface area contributed by atoms with Crippen LogP contribution in [-0.2, 0) is 0 Å². The summed E-state index contributed by atoms with van der Waals surface area (Å²) in [6, 6.07) is 1.34. The third-order valence-electron chi connectivity index (χ3n) is 4.30. The van der Waals surface area contributed by atoms with E-state index in [4.69, 9.17) is 5.73 Å². The molecule has 0 radical (unpaired) electrons. The predicted molar refractivity (Wildman–Crippen MR) is 64.8 cm³/mol. The molecule has 0 aromatic heterocycles. The molecule has 2 aliphatic rings. The molecule has 0 bridgehead atoms. The summed E-state index contributed by atoms with van der Waals surface area (Å²) in [6.45, 7) is 7.34. The highest BCUT2D eigenvalue weighted by Crippen LogP contribution is 2.43. The van der Waals surface area contributed by atoms with Gasteiger partial charge in [-0.05, 0) is 31.1 Å². The van der Waals surface area contributed by atoms with E-state index in [0.717, 1.165) is 6.04 Å². The molecule has 1 saturated heterocycles. The highest BCUT2D eigenvalue weighted by Gasteiger charge is 2.46. The van der Waals surface area contributed by atoms with Crippen LogP contribution in [0.3, 0.4) is 0 Å². The van der Waals surface area contributed by atoms with Gasteiger partial charge < -0.3 is 5.73 Å². The second-order valence-corrected chi connectivity index (χ2v) is 5.79. The molecule has 1 aliphatic heterocycles. The second-order valence-electron chi connectivity index (χ2n) is 5.79. The van der Waals surface area contributed by atoms with Gasteiger partial charge in [-0.2, -0.15) is 0 Å². The molecule has 0 atom stereocenters. The third kappa shape index (κ3) is 2.21. The first kappa shape index (κ1) is 11.4. The molecule has 1 saturated carbocycles. The maximum atomic E-state index is 5.84. The fourth-order valence-electron chi connectivity index (χ4n) is 3.50. The van der Waals surface area contributed by atoms with Gasteiger partial charge in [-0.25, -0.2) is 0 Å². The maximum Gasteiger partial charge on any atom is 0.0125 e. The number of hydrogen-bond acceptors (Lipinski definition) is 2. The smallest absolute Gasteiger partial charge is 0.0125 e. The Morgan fingerprint density at radius 1 is 1.13 bits per heavy atom. The van der Waals surface area contributed by atoms with Crippen LogP contribution in [0.4, 0.5) is 0 Å². The van der Waals surface area contributed by atoms with E-state index in [9.17, 15) is 0 Å². The van der Waals surface area contributed by atoms with E-state index in [1.54, 1.807) is 0 Å². The Balaban J connectivity index is 1.77. The molecule has 2 heteroatoms. The highest BCUT2D eigenvalue weighted by atomic mass is 15.2. The first-order valence-electron chi connectivity index (χ1n) is 6.69. The van der Waals surface area contributed by atoms with Crippen LogP contribution in [0.15, 0.2) is 0 Å². The van der Waals surface area contributed by atoms with Gasteiger partial charge >= 0.3 is 0 Å². The molecule has 0 aromatic carbocycles. The first-order valence-corrected chi connectivity index (χ1v) is 6.69. The molecule has 0 unspecified atom stereocenters. The lowest BCUT2D eigenvalue weighted by molar-refractivity contribution is -0.0682. The average molecular weight is 210 g/mol. The number of nitrogens with zero attached hydrogens (tertiary/aromatic N) is 1. The molecule has 2 rings (SSSR count). The average Bonchev–Trinajstić information content (AvgIpc) is 2.09. The van der Waals surface area contributed by atoms with E-state index in [0.29, 0.717) is 11.5 Å². The third-order valence-corrected chi connectivity index (χ3v) is 4.30. The van der Waals surface area contributed by atoms with Gasteiger partial charge in [0, 0.05) is 25.2 Å². The van der Waals surface area contributed by atoms with Crippen LogP contribution < -0.4 is 5.73 Å². The Morgan fingerprint density at radius 2 is 1.67 bits per heavy atom. The molecular formula is C13H26N2. The Bertz CT molecular complexity index is 195. The van der Waals surface area contributed by atoms with Crippen molar-refractivity contribution in [3.05, 3.63) is 0 Å². The zero-order valence-electron chi connectivity index (χ0n) is 10.3. The SMILES string of the molecule is CCCC1(CCC)CN(C2CC(N)C2)C1. The van der Waals surface area contributed by atoms with E-state index in [1.807, 2.05) is 0 Å². The molecule has 2 nitrogen and oxygen atoms in total. The Morgan fingerprint density at radius 3 is 2.07 bits per heavy atom. The predicted octanol–water partition coefficient (Wildman–Crippen LogP) is 2.38. The van der Waals surface area contributed by atoms with Crippen LogP contribution in [0.25, 0.3) is 0 Å². The van der Waals surface area contributed by atoms with Crippen molar-refractivity contribution in [1.82, 2.24) is 4.90 Å². The molecule has 0 spiro atoms. The van der Waals surface area contributed by atoms with Crippen LogP contribution >= 0.6 is 0 Å². The minimum absolute atomic E-state index is 0.502. The molecule has 0 amide bonds. The second kappa shape index (κ2) is 4.42. The van der Waals surface area contributed by atoms with Crippen molar-refractivity contribution in [3.8, 4) is 0 Å². The quantitative estimate of drug-likeness (QED) is 0.755. The van der Waals surface area contributed by atoms with Crippen molar-refractivity contribution in [2.45, 2.75) is 64.5 Å². The van der Waals surface area contributed by atoms with Crippen molar-refractivity contribution in [3.63, 3.8) is 0 Å². The number of nitrogens with two attached hydrogens (primary N) is 1. The minimum Gasteiger partial charge on any atom is -0.328 e. The van der Waals surface area contributed by atoms with Gasteiger partial charge in [-0.15, -0.1) is 0 Å². The Labute approximate surface area is 94.2 Å².